The van der Waals surface area contributed by atoms with Gasteiger partial charge in [-0.25, -0.2) is 12.8 Å². The summed E-state index contributed by atoms with van der Waals surface area (Å²) in [5, 5.41) is 0. The van der Waals surface area contributed by atoms with Crippen LogP contribution in [0.1, 0.15) is 24.5 Å². The summed E-state index contributed by atoms with van der Waals surface area (Å²) >= 11 is 0. The van der Waals surface area contributed by atoms with Gasteiger partial charge in [0.1, 0.15) is 11.6 Å². The lowest BCUT2D eigenvalue weighted by Gasteiger charge is -2.23. The molecule has 0 saturated carbocycles. The average molecular weight is 455 g/mol. The Morgan fingerprint density at radius 2 is 1.78 bits per heavy atom. The van der Waals surface area contributed by atoms with Crippen molar-refractivity contribution in [3.8, 4) is 5.75 Å². The average Bonchev–Trinajstić information content (AvgIpc) is 2.92. The second-order valence-corrected chi connectivity index (χ2v) is 9.26. The predicted octanol–water partition coefficient (Wildman–Crippen LogP) is 4.33. The Labute approximate surface area is 186 Å². The summed E-state index contributed by atoms with van der Waals surface area (Å²) in [6.07, 6.45) is -0.163. The van der Waals surface area contributed by atoms with E-state index in [-0.39, 0.29) is 23.2 Å². The van der Waals surface area contributed by atoms with Gasteiger partial charge in [0, 0.05) is 24.3 Å². The number of hydrogen-bond acceptors (Lipinski definition) is 4. The molecule has 0 radical (unpaired) electrons. The van der Waals surface area contributed by atoms with Gasteiger partial charge >= 0.3 is 0 Å². The smallest absolute Gasteiger partial charge is 0.264 e. The molecule has 1 amide bonds. The zero-order valence-electron chi connectivity index (χ0n) is 17.5. The van der Waals surface area contributed by atoms with Gasteiger partial charge in [-0.3, -0.25) is 9.52 Å². The molecular formula is C24H23FN2O4S. The number of ether oxygens (including phenoxy) is 1. The van der Waals surface area contributed by atoms with Crippen molar-refractivity contribution < 1.29 is 22.3 Å². The third kappa shape index (κ3) is 4.75. The topological polar surface area (TPSA) is 75.7 Å². The van der Waals surface area contributed by atoms with Gasteiger partial charge in [0.15, 0.2) is 6.10 Å². The van der Waals surface area contributed by atoms with Crippen molar-refractivity contribution in [3.63, 3.8) is 0 Å². The number of carbonyl (C=O) groups excluding carboxylic acids is 1. The normalized spacial score (nSPS) is 16.1. The Morgan fingerprint density at radius 3 is 2.47 bits per heavy atom. The van der Waals surface area contributed by atoms with Gasteiger partial charge < -0.3 is 9.64 Å². The van der Waals surface area contributed by atoms with Gasteiger partial charge in [-0.2, -0.15) is 0 Å². The number of rotatable bonds is 6. The summed E-state index contributed by atoms with van der Waals surface area (Å²) in [5.41, 5.74) is 1.85. The van der Waals surface area contributed by atoms with Gasteiger partial charge in [-0.1, -0.05) is 37.3 Å². The molecule has 0 aromatic heterocycles. The van der Waals surface area contributed by atoms with E-state index in [1.165, 1.54) is 24.3 Å². The first-order valence-electron chi connectivity index (χ1n) is 10.3. The molecule has 0 fully saturated rings. The van der Waals surface area contributed by atoms with Crippen LogP contribution in [0.25, 0.3) is 0 Å². The minimum atomic E-state index is -3.75. The highest BCUT2D eigenvalue weighted by Gasteiger charge is 2.30. The quantitative estimate of drug-likeness (QED) is 0.602. The molecule has 4 rings (SSSR count). The standard InChI is InChI=1S/C24H23FN2O4S/c1-2-22-24(28)27(15-17-8-10-19(25)11-9-17)16-18-14-20(12-13-23(18)31-22)26-32(29,30)21-6-4-3-5-7-21/h3-14,22,26H,2,15-16H2,1H3/t22-/m0/s1. The molecule has 0 unspecified atom stereocenters. The number of fused-ring (bicyclic) bond motifs is 1. The molecule has 3 aromatic rings. The van der Waals surface area contributed by atoms with Crippen molar-refractivity contribution in [2.24, 2.45) is 0 Å². The van der Waals surface area contributed by atoms with Crippen LogP contribution in [0.5, 0.6) is 5.75 Å². The van der Waals surface area contributed by atoms with Crippen LogP contribution >= 0.6 is 0 Å². The Kier molecular flexibility index (Phi) is 6.14. The van der Waals surface area contributed by atoms with Crippen LogP contribution in [0, 0.1) is 5.82 Å². The molecule has 1 aliphatic rings. The molecular weight excluding hydrogens is 431 g/mol. The zero-order chi connectivity index (χ0) is 22.7. The summed E-state index contributed by atoms with van der Waals surface area (Å²) in [4.78, 5) is 14.8. The molecule has 1 aliphatic heterocycles. The molecule has 6 nitrogen and oxygen atoms in total. The number of anilines is 1. The van der Waals surface area contributed by atoms with Crippen LogP contribution in [-0.4, -0.2) is 25.3 Å². The SMILES string of the molecule is CC[C@@H]1Oc2ccc(NS(=O)(=O)c3ccccc3)cc2CN(Cc2ccc(F)cc2)C1=O. The number of carbonyl (C=O) groups is 1. The van der Waals surface area contributed by atoms with Crippen molar-refractivity contribution in [1.82, 2.24) is 4.90 Å². The van der Waals surface area contributed by atoms with Crippen molar-refractivity contribution in [1.29, 1.82) is 0 Å². The van der Waals surface area contributed by atoms with E-state index in [2.05, 4.69) is 4.72 Å². The van der Waals surface area contributed by atoms with Crippen LogP contribution in [0.15, 0.2) is 77.7 Å². The van der Waals surface area contributed by atoms with Crippen LogP contribution in [-0.2, 0) is 27.9 Å². The van der Waals surface area contributed by atoms with E-state index in [0.717, 1.165) is 5.56 Å². The lowest BCUT2D eigenvalue weighted by molar-refractivity contribution is -0.139. The molecule has 1 atom stereocenters. The molecule has 1 N–H and O–H groups in total. The second-order valence-electron chi connectivity index (χ2n) is 7.58. The number of halogens is 1. The first-order valence-corrected chi connectivity index (χ1v) is 11.7. The molecule has 0 bridgehead atoms. The van der Waals surface area contributed by atoms with Crippen LogP contribution in [0.2, 0.25) is 0 Å². The Balaban J connectivity index is 1.62. The van der Waals surface area contributed by atoms with Crippen LogP contribution < -0.4 is 9.46 Å². The number of nitrogens with zero attached hydrogens (tertiary/aromatic N) is 1. The lowest BCUT2D eigenvalue weighted by Crippen LogP contribution is -2.38. The van der Waals surface area contributed by atoms with E-state index in [1.807, 2.05) is 6.92 Å². The van der Waals surface area contributed by atoms with Gasteiger partial charge in [-0.15, -0.1) is 0 Å². The number of benzene rings is 3. The summed E-state index contributed by atoms with van der Waals surface area (Å²) < 4.78 is 47.2. The third-order valence-corrected chi connectivity index (χ3v) is 6.64. The van der Waals surface area contributed by atoms with E-state index in [9.17, 15) is 17.6 Å². The Hall–Kier alpha value is -3.39. The lowest BCUT2D eigenvalue weighted by atomic mass is 10.1. The van der Waals surface area contributed by atoms with E-state index in [0.29, 0.717) is 30.0 Å². The maximum atomic E-state index is 13.3. The molecule has 1 heterocycles. The van der Waals surface area contributed by atoms with Crippen molar-refractivity contribution in [2.75, 3.05) is 4.72 Å². The highest BCUT2D eigenvalue weighted by molar-refractivity contribution is 7.92. The second kappa shape index (κ2) is 9.00. The summed E-state index contributed by atoms with van der Waals surface area (Å²) in [5.74, 6) is 0.0281. The molecule has 0 spiro atoms. The van der Waals surface area contributed by atoms with Crippen LogP contribution in [0.4, 0.5) is 10.1 Å². The molecule has 8 heteroatoms. The van der Waals surface area contributed by atoms with Crippen LogP contribution in [0.3, 0.4) is 0 Å². The summed E-state index contributed by atoms with van der Waals surface area (Å²) in [6, 6.07) is 19.1. The molecule has 32 heavy (non-hydrogen) atoms. The fourth-order valence-corrected chi connectivity index (χ4v) is 4.66. The minimum Gasteiger partial charge on any atom is -0.480 e. The third-order valence-electron chi connectivity index (χ3n) is 5.24. The Morgan fingerprint density at radius 1 is 1.06 bits per heavy atom. The minimum absolute atomic E-state index is 0.158. The van der Waals surface area contributed by atoms with Gasteiger partial charge in [0.2, 0.25) is 0 Å². The van der Waals surface area contributed by atoms with Gasteiger partial charge in [0.05, 0.1) is 4.90 Å². The fourth-order valence-electron chi connectivity index (χ4n) is 3.59. The zero-order valence-corrected chi connectivity index (χ0v) is 18.3. The van der Waals surface area contributed by atoms with Gasteiger partial charge in [-0.05, 0) is 54.4 Å². The number of hydrogen-bond donors (Lipinski definition) is 1. The van der Waals surface area contributed by atoms with Crippen molar-refractivity contribution >= 4 is 21.6 Å². The van der Waals surface area contributed by atoms with Crippen molar-refractivity contribution in [3.05, 3.63) is 89.7 Å². The Bertz CT molecular complexity index is 1210. The van der Waals surface area contributed by atoms with E-state index in [4.69, 9.17) is 4.74 Å². The molecule has 3 aromatic carbocycles. The monoisotopic (exact) mass is 454 g/mol. The highest BCUT2D eigenvalue weighted by atomic mass is 32.2. The predicted molar refractivity (Wildman–Crippen MR) is 119 cm³/mol. The summed E-state index contributed by atoms with van der Waals surface area (Å²) in [6.45, 7) is 2.40. The fraction of sp³-hybridized carbons (Fsp3) is 0.208. The number of sulfonamides is 1. The van der Waals surface area contributed by atoms with Gasteiger partial charge in [0.25, 0.3) is 15.9 Å². The number of amides is 1. The largest absolute Gasteiger partial charge is 0.480 e. The first-order chi connectivity index (χ1) is 15.4. The van der Waals surface area contributed by atoms with E-state index < -0.39 is 16.1 Å². The van der Waals surface area contributed by atoms with E-state index >= 15 is 0 Å². The molecule has 0 saturated heterocycles. The summed E-state index contributed by atoms with van der Waals surface area (Å²) in [7, 11) is -3.75. The number of nitrogens with one attached hydrogen (secondary N) is 1. The molecule has 0 aliphatic carbocycles. The highest BCUT2D eigenvalue weighted by Crippen LogP contribution is 2.31. The first kappa shape index (κ1) is 21.8. The van der Waals surface area contributed by atoms with Crippen molar-refractivity contribution in [2.45, 2.75) is 37.4 Å². The van der Waals surface area contributed by atoms with E-state index in [1.54, 1.807) is 53.4 Å². The molecule has 166 valence electrons. The maximum Gasteiger partial charge on any atom is 0.264 e. The maximum absolute atomic E-state index is 13.3.